The van der Waals surface area contributed by atoms with Gasteiger partial charge in [0.15, 0.2) is 0 Å². The van der Waals surface area contributed by atoms with Crippen molar-refractivity contribution in [2.75, 3.05) is 12.4 Å². The van der Waals surface area contributed by atoms with Gasteiger partial charge in [0.2, 0.25) is 0 Å². The fourth-order valence-electron chi connectivity index (χ4n) is 5.04. The van der Waals surface area contributed by atoms with E-state index in [1.54, 1.807) is 31.4 Å². The minimum atomic E-state index is -0.386. The van der Waals surface area contributed by atoms with Crippen LogP contribution in [0.1, 0.15) is 28.6 Å². The van der Waals surface area contributed by atoms with Gasteiger partial charge in [0, 0.05) is 22.5 Å². The van der Waals surface area contributed by atoms with E-state index in [1.807, 2.05) is 83.4 Å². The normalized spacial score (nSPS) is 14.4. The van der Waals surface area contributed by atoms with Gasteiger partial charge in [-0.2, -0.15) is 5.10 Å². The van der Waals surface area contributed by atoms with Gasteiger partial charge in [0.1, 0.15) is 11.6 Å². The number of amides is 2. The summed E-state index contributed by atoms with van der Waals surface area (Å²) in [6.07, 6.45) is 2.03. The predicted octanol–water partition coefficient (Wildman–Crippen LogP) is 6.77. The number of nitrogens with one attached hydrogen (secondary N) is 1. The molecule has 0 bridgehead atoms. The SMILES string of the molecule is COc1cccc([C@@H]2c3cccn3-c3c(c(C)nn3-c3ccccc3)CN2C(=O)Nc2ccc(Cl)cc2)c1. The number of hydrogen-bond acceptors (Lipinski definition) is 3. The van der Waals surface area contributed by atoms with Crippen molar-refractivity contribution >= 4 is 23.3 Å². The summed E-state index contributed by atoms with van der Waals surface area (Å²) in [7, 11) is 1.65. The molecule has 1 N–H and O–H groups in total. The number of rotatable bonds is 4. The Labute approximate surface area is 225 Å². The summed E-state index contributed by atoms with van der Waals surface area (Å²) in [6, 6.07) is 28.5. The van der Waals surface area contributed by atoms with E-state index in [0.717, 1.165) is 39.8 Å². The van der Waals surface area contributed by atoms with Crippen LogP contribution in [0.15, 0.2) is 97.2 Å². The molecule has 0 fully saturated rings. The van der Waals surface area contributed by atoms with Gasteiger partial charge in [-0.1, -0.05) is 41.9 Å². The molecule has 0 unspecified atom stereocenters. The summed E-state index contributed by atoms with van der Waals surface area (Å²) in [4.78, 5) is 15.8. The van der Waals surface area contributed by atoms with Crippen LogP contribution in [-0.4, -0.2) is 32.4 Å². The highest BCUT2D eigenvalue weighted by atomic mass is 35.5. The number of hydrogen-bond donors (Lipinski definition) is 1. The molecule has 3 aromatic carbocycles. The number of halogens is 1. The van der Waals surface area contributed by atoms with E-state index < -0.39 is 0 Å². The van der Waals surface area contributed by atoms with E-state index in [2.05, 4.69) is 16.0 Å². The lowest BCUT2D eigenvalue weighted by Crippen LogP contribution is -2.38. The van der Waals surface area contributed by atoms with Crippen molar-refractivity contribution in [1.29, 1.82) is 0 Å². The Morgan fingerprint density at radius 2 is 1.79 bits per heavy atom. The molecule has 3 heterocycles. The molecule has 6 rings (SSSR count). The Kier molecular flexibility index (Phi) is 6.13. The van der Waals surface area contributed by atoms with E-state index in [9.17, 15) is 4.79 Å². The van der Waals surface area contributed by atoms with Gasteiger partial charge in [0.25, 0.3) is 0 Å². The third-order valence-corrected chi connectivity index (χ3v) is 7.10. The van der Waals surface area contributed by atoms with Gasteiger partial charge in [-0.25, -0.2) is 9.48 Å². The topological polar surface area (TPSA) is 64.3 Å². The van der Waals surface area contributed by atoms with Gasteiger partial charge < -0.3 is 19.5 Å². The lowest BCUT2D eigenvalue weighted by atomic mass is 10.0. The van der Waals surface area contributed by atoms with Crippen molar-refractivity contribution in [1.82, 2.24) is 19.2 Å². The molecule has 2 amide bonds. The van der Waals surface area contributed by atoms with Crippen LogP contribution in [0, 0.1) is 6.92 Å². The number of aromatic nitrogens is 3. The molecular formula is C30H26ClN5O2. The molecule has 2 aromatic heterocycles. The van der Waals surface area contributed by atoms with Crippen molar-refractivity contribution in [3.05, 3.63) is 125 Å². The number of anilines is 1. The monoisotopic (exact) mass is 523 g/mol. The zero-order valence-corrected chi connectivity index (χ0v) is 21.8. The van der Waals surface area contributed by atoms with Gasteiger partial charge in [-0.15, -0.1) is 0 Å². The van der Waals surface area contributed by atoms with Crippen LogP contribution in [0.3, 0.4) is 0 Å². The highest BCUT2D eigenvalue weighted by molar-refractivity contribution is 6.30. The maximum atomic E-state index is 14.0. The van der Waals surface area contributed by atoms with Gasteiger partial charge in [-0.3, -0.25) is 0 Å². The molecule has 5 aromatic rings. The van der Waals surface area contributed by atoms with E-state index in [1.165, 1.54) is 0 Å². The van der Waals surface area contributed by atoms with Crippen LogP contribution in [0.25, 0.3) is 11.5 Å². The molecule has 0 saturated carbocycles. The van der Waals surface area contributed by atoms with Crippen LogP contribution in [0.2, 0.25) is 5.02 Å². The van der Waals surface area contributed by atoms with Gasteiger partial charge >= 0.3 is 6.03 Å². The van der Waals surface area contributed by atoms with Crippen molar-refractivity contribution in [2.24, 2.45) is 0 Å². The molecule has 0 aliphatic carbocycles. The minimum absolute atomic E-state index is 0.229. The number of para-hydroxylation sites is 1. The molecule has 1 aliphatic rings. The number of fused-ring (bicyclic) bond motifs is 3. The maximum Gasteiger partial charge on any atom is 0.322 e. The second kappa shape index (κ2) is 9.76. The first-order valence-electron chi connectivity index (χ1n) is 12.3. The summed E-state index contributed by atoms with van der Waals surface area (Å²) < 4.78 is 9.64. The number of aryl methyl sites for hydroxylation is 1. The van der Waals surface area contributed by atoms with E-state index in [0.29, 0.717) is 17.3 Å². The molecular weight excluding hydrogens is 498 g/mol. The molecule has 0 saturated heterocycles. The molecule has 38 heavy (non-hydrogen) atoms. The molecule has 0 radical (unpaired) electrons. The first-order chi connectivity index (χ1) is 18.5. The highest BCUT2D eigenvalue weighted by Crippen LogP contribution is 2.39. The highest BCUT2D eigenvalue weighted by Gasteiger charge is 2.36. The average molecular weight is 524 g/mol. The predicted molar refractivity (Wildman–Crippen MR) is 148 cm³/mol. The summed E-state index contributed by atoms with van der Waals surface area (Å²) in [5, 5.41) is 8.58. The van der Waals surface area contributed by atoms with Crippen molar-refractivity contribution in [3.63, 3.8) is 0 Å². The molecule has 0 spiro atoms. The van der Waals surface area contributed by atoms with Crippen molar-refractivity contribution < 1.29 is 9.53 Å². The third kappa shape index (κ3) is 4.21. The third-order valence-electron chi connectivity index (χ3n) is 6.85. The largest absolute Gasteiger partial charge is 0.497 e. The minimum Gasteiger partial charge on any atom is -0.497 e. The first kappa shape index (κ1) is 23.9. The Balaban J connectivity index is 1.53. The lowest BCUT2D eigenvalue weighted by molar-refractivity contribution is 0.194. The first-order valence-corrected chi connectivity index (χ1v) is 12.7. The van der Waals surface area contributed by atoms with E-state index in [-0.39, 0.29) is 12.1 Å². The van der Waals surface area contributed by atoms with Gasteiger partial charge in [-0.05, 0) is 73.2 Å². The standard InChI is InChI=1S/C30H26ClN5O2/c1-20-26-19-35(30(37)32-23-15-13-22(31)14-16-23)28(21-8-6-11-25(18-21)38-2)27-12-7-17-34(27)29(26)36(33-20)24-9-4-3-5-10-24/h3-18,28H,19H2,1-2H3,(H,32,37)/t28-/m1/s1. The number of carbonyl (C=O) groups excluding carboxylic acids is 1. The Bertz CT molecular complexity index is 1610. The number of urea groups is 1. The van der Waals surface area contributed by atoms with E-state index in [4.69, 9.17) is 21.4 Å². The summed E-state index contributed by atoms with van der Waals surface area (Å²) in [5.41, 5.74) is 5.34. The number of ether oxygens (including phenoxy) is 1. The van der Waals surface area contributed by atoms with Crippen LogP contribution in [-0.2, 0) is 6.54 Å². The van der Waals surface area contributed by atoms with Gasteiger partial charge in [0.05, 0.1) is 36.8 Å². The number of nitrogens with zero attached hydrogens (tertiary/aromatic N) is 4. The number of carbonyl (C=O) groups is 1. The summed E-state index contributed by atoms with van der Waals surface area (Å²) >= 11 is 6.07. The van der Waals surface area contributed by atoms with Crippen molar-refractivity contribution in [2.45, 2.75) is 19.5 Å². The molecule has 7 nitrogen and oxygen atoms in total. The van der Waals surface area contributed by atoms with Crippen LogP contribution >= 0.6 is 11.6 Å². The lowest BCUT2D eigenvalue weighted by Gasteiger charge is -2.31. The molecule has 8 heteroatoms. The molecule has 1 atom stereocenters. The quantitative estimate of drug-likeness (QED) is 0.283. The molecule has 1 aliphatic heterocycles. The van der Waals surface area contributed by atoms with Crippen LogP contribution in [0.5, 0.6) is 5.75 Å². The molecule has 190 valence electrons. The van der Waals surface area contributed by atoms with Crippen LogP contribution < -0.4 is 10.1 Å². The fourth-order valence-corrected chi connectivity index (χ4v) is 5.17. The Hall–Kier alpha value is -4.49. The van der Waals surface area contributed by atoms with E-state index >= 15 is 0 Å². The smallest absolute Gasteiger partial charge is 0.322 e. The number of methoxy groups -OCH3 is 1. The second-order valence-electron chi connectivity index (χ2n) is 9.18. The zero-order chi connectivity index (χ0) is 26.2. The average Bonchev–Trinajstić information content (AvgIpc) is 3.50. The fraction of sp³-hybridized carbons (Fsp3) is 0.133. The Morgan fingerprint density at radius 3 is 2.55 bits per heavy atom. The number of benzene rings is 3. The summed E-state index contributed by atoms with van der Waals surface area (Å²) in [6.45, 7) is 2.35. The summed E-state index contributed by atoms with van der Waals surface area (Å²) in [5.74, 6) is 1.65. The second-order valence-corrected chi connectivity index (χ2v) is 9.62. The van der Waals surface area contributed by atoms with Crippen LogP contribution in [0.4, 0.5) is 10.5 Å². The maximum absolute atomic E-state index is 14.0. The Morgan fingerprint density at radius 1 is 1.00 bits per heavy atom. The van der Waals surface area contributed by atoms with Crippen molar-refractivity contribution in [3.8, 4) is 17.3 Å². The zero-order valence-electron chi connectivity index (χ0n) is 21.0.